The monoisotopic (exact) mass is 223 g/mol. The van der Waals surface area contributed by atoms with Crippen LogP contribution in [0.25, 0.3) is 0 Å². The third-order valence-electron chi connectivity index (χ3n) is 2.11. The first-order valence-corrected chi connectivity index (χ1v) is 5.07. The maximum Gasteiger partial charge on any atom is 0.223 e. The number of nitrogens with one attached hydrogen (secondary N) is 1. The number of hydrogen-bond donors (Lipinski definition) is 1. The van der Waals surface area contributed by atoms with Gasteiger partial charge in [-0.1, -0.05) is 0 Å². The summed E-state index contributed by atoms with van der Waals surface area (Å²) in [5, 5.41) is 3.14. The predicted octanol–water partition coefficient (Wildman–Crippen LogP) is 0.980. The van der Waals surface area contributed by atoms with E-state index in [0.717, 1.165) is 5.69 Å². The van der Waals surface area contributed by atoms with Gasteiger partial charge < -0.3 is 15.0 Å². The molecule has 1 aromatic heterocycles. The number of amides is 1. The van der Waals surface area contributed by atoms with Crippen LogP contribution in [0.4, 0.5) is 5.69 Å². The van der Waals surface area contributed by atoms with E-state index in [0.29, 0.717) is 18.8 Å². The molecule has 1 heterocycles. The van der Waals surface area contributed by atoms with Gasteiger partial charge in [0.25, 0.3) is 0 Å². The van der Waals surface area contributed by atoms with Crippen LogP contribution >= 0.6 is 0 Å². The standard InChI is InChI=1S/C11H17N3O2/c1-14(2)11(15)5-7-12-9-4-6-13-10(8-9)16-3/h4,6,8H,5,7H2,1-3H3,(H,12,13). The highest BCUT2D eigenvalue weighted by Crippen LogP contribution is 2.12. The summed E-state index contributed by atoms with van der Waals surface area (Å²) in [7, 11) is 5.07. The Morgan fingerprint density at radius 2 is 2.31 bits per heavy atom. The number of carbonyl (C=O) groups excluding carboxylic acids is 1. The van der Waals surface area contributed by atoms with E-state index in [4.69, 9.17) is 4.74 Å². The number of rotatable bonds is 5. The zero-order valence-corrected chi connectivity index (χ0v) is 9.86. The first-order valence-electron chi connectivity index (χ1n) is 5.07. The van der Waals surface area contributed by atoms with E-state index in [1.54, 1.807) is 38.4 Å². The molecule has 0 atom stereocenters. The van der Waals surface area contributed by atoms with Crippen LogP contribution in [0.15, 0.2) is 18.3 Å². The molecule has 0 aliphatic carbocycles. The van der Waals surface area contributed by atoms with Crippen molar-refractivity contribution in [1.29, 1.82) is 0 Å². The highest BCUT2D eigenvalue weighted by molar-refractivity contribution is 5.76. The minimum atomic E-state index is 0.105. The van der Waals surface area contributed by atoms with E-state index < -0.39 is 0 Å². The van der Waals surface area contributed by atoms with Crippen molar-refractivity contribution in [3.8, 4) is 5.88 Å². The topological polar surface area (TPSA) is 54.5 Å². The van der Waals surface area contributed by atoms with Crippen molar-refractivity contribution in [2.45, 2.75) is 6.42 Å². The maximum absolute atomic E-state index is 11.3. The second kappa shape index (κ2) is 5.95. The van der Waals surface area contributed by atoms with Crippen LogP contribution in [-0.2, 0) is 4.79 Å². The molecule has 0 radical (unpaired) electrons. The molecule has 1 aromatic rings. The number of hydrogen-bond acceptors (Lipinski definition) is 4. The molecule has 5 nitrogen and oxygen atoms in total. The summed E-state index contributed by atoms with van der Waals surface area (Å²) in [4.78, 5) is 16.9. The highest BCUT2D eigenvalue weighted by Gasteiger charge is 2.03. The van der Waals surface area contributed by atoms with Gasteiger partial charge in [-0.25, -0.2) is 4.98 Å². The Kier molecular flexibility index (Phi) is 4.57. The molecule has 16 heavy (non-hydrogen) atoms. The van der Waals surface area contributed by atoms with Gasteiger partial charge in [-0.2, -0.15) is 0 Å². The van der Waals surface area contributed by atoms with E-state index in [1.807, 2.05) is 6.07 Å². The van der Waals surface area contributed by atoms with Crippen LogP contribution in [0.1, 0.15) is 6.42 Å². The molecule has 0 bridgehead atoms. The summed E-state index contributed by atoms with van der Waals surface area (Å²) >= 11 is 0. The summed E-state index contributed by atoms with van der Waals surface area (Å²) in [6, 6.07) is 3.63. The fourth-order valence-corrected chi connectivity index (χ4v) is 1.17. The zero-order valence-electron chi connectivity index (χ0n) is 9.86. The molecule has 1 N–H and O–H groups in total. The van der Waals surface area contributed by atoms with Crippen molar-refractivity contribution in [3.05, 3.63) is 18.3 Å². The molecule has 1 rings (SSSR count). The molecule has 0 unspecified atom stereocenters. The summed E-state index contributed by atoms with van der Waals surface area (Å²) in [5.41, 5.74) is 0.901. The number of pyridine rings is 1. The van der Waals surface area contributed by atoms with Crippen LogP contribution in [0, 0.1) is 0 Å². The van der Waals surface area contributed by atoms with Crippen molar-refractivity contribution in [1.82, 2.24) is 9.88 Å². The van der Waals surface area contributed by atoms with E-state index in [1.165, 1.54) is 0 Å². The van der Waals surface area contributed by atoms with Crippen molar-refractivity contribution in [3.63, 3.8) is 0 Å². The first kappa shape index (κ1) is 12.3. The Morgan fingerprint density at radius 3 is 2.94 bits per heavy atom. The van der Waals surface area contributed by atoms with Crippen LogP contribution < -0.4 is 10.1 Å². The summed E-state index contributed by atoms with van der Waals surface area (Å²) in [6.07, 6.45) is 2.13. The van der Waals surface area contributed by atoms with Gasteiger partial charge in [-0.05, 0) is 6.07 Å². The molecule has 88 valence electrons. The van der Waals surface area contributed by atoms with Crippen LogP contribution in [0.5, 0.6) is 5.88 Å². The van der Waals surface area contributed by atoms with E-state index in [9.17, 15) is 4.79 Å². The normalized spacial score (nSPS) is 9.69. The fraction of sp³-hybridized carbons (Fsp3) is 0.455. The summed E-state index contributed by atoms with van der Waals surface area (Å²) in [5.74, 6) is 0.664. The Balaban J connectivity index is 2.40. The number of nitrogens with zero attached hydrogens (tertiary/aromatic N) is 2. The van der Waals surface area contributed by atoms with Gasteiger partial charge in [0.2, 0.25) is 11.8 Å². The van der Waals surface area contributed by atoms with E-state index in [-0.39, 0.29) is 5.91 Å². The predicted molar refractivity (Wildman–Crippen MR) is 62.6 cm³/mol. The molecule has 0 spiro atoms. The lowest BCUT2D eigenvalue weighted by Crippen LogP contribution is -2.23. The smallest absolute Gasteiger partial charge is 0.223 e. The third kappa shape index (κ3) is 3.76. The summed E-state index contributed by atoms with van der Waals surface area (Å²) in [6.45, 7) is 0.601. The number of methoxy groups -OCH3 is 1. The molecule has 0 saturated heterocycles. The average molecular weight is 223 g/mol. The molecule has 0 aromatic carbocycles. The molecule has 5 heteroatoms. The maximum atomic E-state index is 11.3. The molecule has 0 fully saturated rings. The second-order valence-electron chi connectivity index (χ2n) is 3.55. The SMILES string of the molecule is COc1cc(NCCC(=O)N(C)C)ccn1. The highest BCUT2D eigenvalue weighted by atomic mass is 16.5. The van der Waals surface area contributed by atoms with Crippen LogP contribution in [-0.4, -0.2) is 43.5 Å². The lowest BCUT2D eigenvalue weighted by atomic mass is 10.3. The lowest BCUT2D eigenvalue weighted by molar-refractivity contribution is -0.128. The fourth-order valence-electron chi connectivity index (χ4n) is 1.17. The van der Waals surface area contributed by atoms with E-state index >= 15 is 0 Å². The number of aromatic nitrogens is 1. The minimum Gasteiger partial charge on any atom is -0.481 e. The van der Waals surface area contributed by atoms with Crippen LogP contribution in [0.2, 0.25) is 0 Å². The van der Waals surface area contributed by atoms with Gasteiger partial charge in [0.1, 0.15) is 0 Å². The lowest BCUT2D eigenvalue weighted by Gasteiger charge is -2.11. The molecule has 0 aliphatic rings. The van der Waals surface area contributed by atoms with Crippen molar-refractivity contribution >= 4 is 11.6 Å². The molecular formula is C11H17N3O2. The molecular weight excluding hydrogens is 206 g/mol. The van der Waals surface area contributed by atoms with E-state index in [2.05, 4.69) is 10.3 Å². The van der Waals surface area contributed by atoms with Crippen molar-refractivity contribution in [2.75, 3.05) is 33.1 Å². The van der Waals surface area contributed by atoms with Gasteiger partial charge in [0, 0.05) is 45.0 Å². The molecule has 0 saturated carbocycles. The number of anilines is 1. The third-order valence-corrected chi connectivity index (χ3v) is 2.11. The first-order chi connectivity index (χ1) is 7.63. The largest absolute Gasteiger partial charge is 0.481 e. The molecule has 1 amide bonds. The Bertz CT molecular complexity index is 353. The van der Waals surface area contributed by atoms with Gasteiger partial charge >= 0.3 is 0 Å². The quantitative estimate of drug-likeness (QED) is 0.808. The van der Waals surface area contributed by atoms with Gasteiger partial charge in [-0.3, -0.25) is 4.79 Å². The minimum absolute atomic E-state index is 0.105. The zero-order chi connectivity index (χ0) is 12.0. The molecule has 0 aliphatic heterocycles. The van der Waals surface area contributed by atoms with Gasteiger partial charge in [0.15, 0.2) is 0 Å². The van der Waals surface area contributed by atoms with Gasteiger partial charge in [-0.15, -0.1) is 0 Å². The Labute approximate surface area is 95.4 Å². The summed E-state index contributed by atoms with van der Waals surface area (Å²) < 4.78 is 4.99. The number of ether oxygens (including phenoxy) is 1. The van der Waals surface area contributed by atoms with Crippen LogP contribution in [0.3, 0.4) is 0 Å². The number of carbonyl (C=O) groups is 1. The van der Waals surface area contributed by atoms with Gasteiger partial charge in [0.05, 0.1) is 7.11 Å². The van der Waals surface area contributed by atoms with Crippen molar-refractivity contribution < 1.29 is 9.53 Å². The second-order valence-corrected chi connectivity index (χ2v) is 3.55. The average Bonchev–Trinajstić information content (AvgIpc) is 2.29. The Hall–Kier alpha value is -1.78. The van der Waals surface area contributed by atoms with Crippen molar-refractivity contribution in [2.24, 2.45) is 0 Å². The Morgan fingerprint density at radius 1 is 1.56 bits per heavy atom.